The SMILES string of the molecule is CC(=O)[O-].CC(=O)[O-].O.O.O.O.O.O.[Zn+2]. The Morgan fingerprint density at radius 2 is 0.667 bits per heavy atom. The molecule has 15 heavy (non-hydrogen) atoms. The van der Waals surface area contributed by atoms with Crippen LogP contribution in [0.1, 0.15) is 13.8 Å². The predicted molar refractivity (Wildman–Crippen MR) is 43.0 cm³/mol. The number of carboxylic acid groups (broad SMARTS) is 2. The van der Waals surface area contributed by atoms with Crippen molar-refractivity contribution < 1.29 is 72.1 Å². The summed E-state index contributed by atoms with van der Waals surface area (Å²) in [6.07, 6.45) is 0. The smallest absolute Gasteiger partial charge is 0.550 e. The van der Waals surface area contributed by atoms with Crippen molar-refractivity contribution in [3.8, 4) is 0 Å². The second kappa shape index (κ2) is 71.4. The molecular weight excluding hydrogens is 273 g/mol. The number of aliphatic carboxylic acids is 2. The van der Waals surface area contributed by atoms with Crippen LogP contribution in [0.5, 0.6) is 0 Å². The van der Waals surface area contributed by atoms with Gasteiger partial charge in [0.15, 0.2) is 0 Å². The summed E-state index contributed by atoms with van der Waals surface area (Å²) in [6.45, 7) is 1.94. The molecule has 0 saturated carbocycles. The molecule has 0 radical (unpaired) electrons. The fourth-order valence-corrected chi connectivity index (χ4v) is 0. The van der Waals surface area contributed by atoms with Gasteiger partial charge in [0.2, 0.25) is 0 Å². The largest absolute Gasteiger partial charge is 2.00 e. The molecule has 0 spiro atoms. The summed E-state index contributed by atoms with van der Waals surface area (Å²) in [4.78, 5) is 17.8. The Morgan fingerprint density at radius 1 is 0.667 bits per heavy atom. The summed E-state index contributed by atoms with van der Waals surface area (Å²) in [5.74, 6) is -2.17. The summed E-state index contributed by atoms with van der Waals surface area (Å²) in [5.41, 5.74) is 0. The molecule has 96 valence electrons. The van der Waals surface area contributed by atoms with Crippen LogP contribution >= 0.6 is 0 Å². The van der Waals surface area contributed by atoms with Gasteiger partial charge >= 0.3 is 19.5 Å². The summed E-state index contributed by atoms with van der Waals surface area (Å²) in [5, 5.41) is 17.8. The van der Waals surface area contributed by atoms with Gasteiger partial charge in [-0.2, -0.15) is 0 Å². The van der Waals surface area contributed by atoms with Crippen molar-refractivity contribution in [3.63, 3.8) is 0 Å². The quantitative estimate of drug-likeness (QED) is 0.393. The van der Waals surface area contributed by atoms with Gasteiger partial charge in [0.05, 0.1) is 0 Å². The molecule has 0 aromatic carbocycles. The van der Waals surface area contributed by atoms with E-state index in [9.17, 15) is 0 Å². The van der Waals surface area contributed by atoms with Crippen LogP contribution in [0, 0.1) is 0 Å². The first-order valence-electron chi connectivity index (χ1n) is 1.82. The molecule has 11 heteroatoms. The summed E-state index contributed by atoms with van der Waals surface area (Å²) >= 11 is 0. The standard InChI is InChI=1S/2C2H4O2.6H2O.Zn/c2*1-2(3)4;;;;;;;/h2*1H3,(H,3,4);6*1H2;/q;;;;;;;;+2/p-2. The van der Waals surface area contributed by atoms with E-state index in [0.717, 1.165) is 13.8 Å². The molecule has 0 aromatic rings. The zero-order chi connectivity index (χ0) is 7.15. The molecular formula is C4H18O10Zn. The molecule has 0 aromatic heterocycles. The molecule has 12 N–H and O–H groups in total. The minimum absolute atomic E-state index is 0. The van der Waals surface area contributed by atoms with Gasteiger partial charge in [-0.1, -0.05) is 0 Å². The van der Waals surface area contributed by atoms with Crippen LogP contribution in [-0.2, 0) is 29.1 Å². The zero-order valence-electron chi connectivity index (χ0n) is 8.34. The van der Waals surface area contributed by atoms with Crippen LogP contribution in [-0.4, -0.2) is 44.8 Å². The molecule has 0 bridgehead atoms. The van der Waals surface area contributed by atoms with Gasteiger partial charge in [-0.25, -0.2) is 0 Å². The van der Waals surface area contributed by atoms with Crippen LogP contribution in [0.25, 0.3) is 0 Å². The number of carbonyl (C=O) groups is 2. The second-order valence-corrected chi connectivity index (χ2v) is 0.983. The number of rotatable bonds is 0. The monoisotopic (exact) mass is 290 g/mol. The Hall–Kier alpha value is -0.677. The van der Waals surface area contributed by atoms with Crippen LogP contribution in [0.3, 0.4) is 0 Å². The van der Waals surface area contributed by atoms with Crippen molar-refractivity contribution in [2.45, 2.75) is 13.8 Å². The van der Waals surface area contributed by atoms with E-state index in [1.807, 2.05) is 0 Å². The first-order valence-corrected chi connectivity index (χ1v) is 1.82. The maximum absolute atomic E-state index is 8.89. The number of carboxylic acids is 2. The number of hydrogen-bond donors (Lipinski definition) is 0. The van der Waals surface area contributed by atoms with Gasteiger partial charge in [0.1, 0.15) is 0 Å². The van der Waals surface area contributed by atoms with E-state index >= 15 is 0 Å². The molecule has 0 saturated heterocycles. The fourth-order valence-electron chi connectivity index (χ4n) is 0. The van der Waals surface area contributed by atoms with Crippen molar-refractivity contribution in [2.24, 2.45) is 0 Å². The number of carbonyl (C=O) groups excluding carboxylic acids is 2. The molecule has 0 aliphatic carbocycles. The van der Waals surface area contributed by atoms with Crippen LogP contribution in [0.2, 0.25) is 0 Å². The Morgan fingerprint density at radius 3 is 0.667 bits per heavy atom. The van der Waals surface area contributed by atoms with Crippen molar-refractivity contribution in [1.82, 2.24) is 0 Å². The Kier molecular flexibility index (Phi) is 427. The molecule has 0 aliphatic heterocycles. The fraction of sp³-hybridized carbons (Fsp3) is 0.500. The van der Waals surface area contributed by atoms with Crippen LogP contribution < -0.4 is 10.2 Å². The maximum Gasteiger partial charge on any atom is 2.00 e. The van der Waals surface area contributed by atoms with E-state index in [0.29, 0.717) is 0 Å². The van der Waals surface area contributed by atoms with E-state index < -0.39 is 11.9 Å². The minimum atomic E-state index is -1.08. The average Bonchev–Trinajstić information content (AvgIpc) is 1.25. The minimum Gasteiger partial charge on any atom is -0.550 e. The van der Waals surface area contributed by atoms with Crippen molar-refractivity contribution >= 4 is 11.9 Å². The van der Waals surface area contributed by atoms with Gasteiger partial charge in [0.25, 0.3) is 0 Å². The van der Waals surface area contributed by atoms with E-state index in [4.69, 9.17) is 19.8 Å². The summed E-state index contributed by atoms with van der Waals surface area (Å²) < 4.78 is 0. The molecule has 0 aliphatic rings. The molecule has 0 rings (SSSR count). The molecule has 0 unspecified atom stereocenters. The third kappa shape index (κ3) is 3730. The first kappa shape index (κ1) is 89.7. The van der Waals surface area contributed by atoms with Gasteiger partial charge in [-0.15, -0.1) is 0 Å². The van der Waals surface area contributed by atoms with Gasteiger partial charge < -0.3 is 52.7 Å². The predicted octanol–water partition coefficient (Wildman–Crippen LogP) is -7.44. The average molecular weight is 292 g/mol. The number of hydrogen-bond acceptors (Lipinski definition) is 4. The van der Waals surface area contributed by atoms with E-state index in [1.54, 1.807) is 0 Å². The second-order valence-electron chi connectivity index (χ2n) is 0.983. The molecule has 0 heterocycles. The van der Waals surface area contributed by atoms with Crippen molar-refractivity contribution in [3.05, 3.63) is 0 Å². The van der Waals surface area contributed by atoms with Crippen molar-refractivity contribution in [2.75, 3.05) is 0 Å². The van der Waals surface area contributed by atoms with Gasteiger partial charge in [-0.3, -0.25) is 0 Å². The normalized spacial score (nSPS) is 3.33. The summed E-state index contributed by atoms with van der Waals surface area (Å²) in [7, 11) is 0. The zero-order valence-corrected chi connectivity index (χ0v) is 11.3. The Labute approximate surface area is 98.5 Å². The van der Waals surface area contributed by atoms with E-state index in [2.05, 4.69) is 0 Å². The Balaban J connectivity index is -0.00000000468. The molecule has 0 atom stereocenters. The third-order valence-electron chi connectivity index (χ3n) is 0. The summed E-state index contributed by atoms with van der Waals surface area (Å²) in [6, 6.07) is 0. The first-order chi connectivity index (χ1) is 3.46. The van der Waals surface area contributed by atoms with Crippen LogP contribution in [0.4, 0.5) is 0 Å². The van der Waals surface area contributed by atoms with E-state index in [1.165, 1.54) is 0 Å². The topological polar surface area (TPSA) is 269 Å². The molecule has 0 amide bonds. The van der Waals surface area contributed by atoms with E-state index in [-0.39, 0.29) is 52.3 Å². The van der Waals surface area contributed by atoms with Crippen LogP contribution in [0.15, 0.2) is 0 Å². The van der Waals surface area contributed by atoms with Gasteiger partial charge in [-0.05, 0) is 13.8 Å². The maximum atomic E-state index is 8.89. The molecule has 10 nitrogen and oxygen atoms in total. The third-order valence-corrected chi connectivity index (χ3v) is 0. The Bertz CT molecular complexity index is 75.4. The van der Waals surface area contributed by atoms with Gasteiger partial charge in [0, 0.05) is 11.9 Å². The van der Waals surface area contributed by atoms with Crippen molar-refractivity contribution in [1.29, 1.82) is 0 Å². The molecule has 0 fully saturated rings.